The van der Waals surface area contributed by atoms with Gasteiger partial charge in [0.25, 0.3) is 0 Å². The summed E-state index contributed by atoms with van der Waals surface area (Å²) in [5, 5.41) is 2.95. The second kappa shape index (κ2) is 5.71. The fourth-order valence-corrected chi connectivity index (χ4v) is 3.11. The summed E-state index contributed by atoms with van der Waals surface area (Å²) in [6, 6.07) is 7.83. The monoisotopic (exact) mass is 274 g/mol. The van der Waals surface area contributed by atoms with Gasteiger partial charge in [0.05, 0.1) is 0 Å². The summed E-state index contributed by atoms with van der Waals surface area (Å²) in [6.07, 6.45) is 3.80. The molecule has 108 valence electrons. The normalized spacial score (nSPS) is 23.2. The van der Waals surface area contributed by atoms with Gasteiger partial charge < -0.3 is 16.0 Å². The highest BCUT2D eigenvalue weighted by Crippen LogP contribution is 2.21. The Bertz CT molecular complexity index is 473. The Morgan fingerprint density at radius 2 is 1.95 bits per heavy atom. The van der Waals surface area contributed by atoms with Crippen molar-refractivity contribution in [2.24, 2.45) is 0 Å². The maximum absolute atomic E-state index is 12.3. The van der Waals surface area contributed by atoms with Gasteiger partial charge in [-0.15, -0.1) is 0 Å². The lowest BCUT2D eigenvalue weighted by Gasteiger charge is -2.43. The van der Waals surface area contributed by atoms with Gasteiger partial charge in [-0.2, -0.15) is 0 Å². The molecule has 2 aliphatic rings. The quantitative estimate of drug-likeness (QED) is 0.770. The minimum absolute atomic E-state index is 0.00000472. The highest BCUT2D eigenvalue weighted by Gasteiger charge is 2.30. The van der Waals surface area contributed by atoms with Crippen LogP contribution in [0.2, 0.25) is 0 Å². The van der Waals surface area contributed by atoms with E-state index >= 15 is 0 Å². The van der Waals surface area contributed by atoms with Crippen LogP contribution in [0.3, 0.4) is 0 Å². The molecule has 3 N–H and O–H groups in total. The van der Waals surface area contributed by atoms with Crippen molar-refractivity contribution in [3.05, 3.63) is 24.3 Å². The van der Waals surface area contributed by atoms with Crippen LogP contribution in [0, 0.1) is 0 Å². The maximum atomic E-state index is 12.3. The number of nitrogens with zero attached hydrogens (tertiary/aromatic N) is 2. The van der Waals surface area contributed by atoms with E-state index in [0.29, 0.717) is 11.7 Å². The molecule has 5 heteroatoms. The van der Waals surface area contributed by atoms with Crippen LogP contribution < -0.4 is 11.1 Å². The zero-order chi connectivity index (χ0) is 13.9. The second-order valence-corrected chi connectivity index (χ2v) is 5.68. The van der Waals surface area contributed by atoms with E-state index in [1.807, 2.05) is 17.0 Å². The van der Waals surface area contributed by atoms with Crippen molar-refractivity contribution in [1.29, 1.82) is 0 Å². The SMILES string of the molecule is Nc1ccc(NC(=O)N2CCN3CCCCC3C2)cc1. The predicted octanol–water partition coefficient (Wildman–Crippen LogP) is 1.97. The highest BCUT2D eigenvalue weighted by molar-refractivity contribution is 5.89. The molecule has 3 rings (SSSR count). The Balaban J connectivity index is 1.58. The number of urea groups is 1. The molecule has 0 aliphatic carbocycles. The number of amides is 2. The van der Waals surface area contributed by atoms with Crippen molar-refractivity contribution in [2.75, 3.05) is 37.2 Å². The molecule has 0 aromatic heterocycles. The van der Waals surface area contributed by atoms with E-state index in [4.69, 9.17) is 5.73 Å². The van der Waals surface area contributed by atoms with Crippen LogP contribution in [-0.2, 0) is 0 Å². The average Bonchev–Trinajstić information content (AvgIpc) is 2.49. The number of piperazine rings is 1. The molecule has 2 fully saturated rings. The average molecular weight is 274 g/mol. The van der Waals surface area contributed by atoms with Gasteiger partial charge in [0.1, 0.15) is 0 Å². The second-order valence-electron chi connectivity index (χ2n) is 5.68. The van der Waals surface area contributed by atoms with Gasteiger partial charge in [-0.25, -0.2) is 4.79 Å². The number of piperidine rings is 1. The van der Waals surface area contributed by atoms with E-state index in [1.54, 1.807) is 12.1 Å². The number of nitrogen functional groups attached to an aromatic ring is 1. The number of carbonyl (C=O) groups excluding carboxylic acids is 1. The molecular weight excluding hydrogens is 252 g/mol. The number of fused-ring (bicyclic) bond motifs is 1. The summed E-state index contributed by atoms with van der Waals surface area (Å²) in [7, 11) is 0. The first-order valence-corrected chi connectivity index (χ1v) is 7.38. The van der Waals surface area contributed by atoms with E-state index in [1.165, 1.54) is 25.8 Å². The van der Waals surface area contributed by atoms with Crippen molar-refractivity contribution in [1.82, 2.24) is 9.80 Å². The minimum Gasteiger partial charge on any atom is -0.399 e. The molecule has 0 bridgehead atoms. The van der Waals surface area contributed by atoms with Crippen LogP contribution in [0.15, 0.2) is 24.3 Å². The summed E-state index contributed by atoms with van der Waals surface area (Å²) in [5.41, 5.74) is 7.15. The largest absolute Gasteiger partial charge is 0.399 e. The molecule has 1 unspecified atom stereocenters. The molecule has 1 aromatic carbocycles. The molecule has 2 saturated heterocycles. The van der Waals surface area contributed by atoms with E-state index in [0.717, 1.165) is 25.3 Å². The molecule has 0 spiro atoms. The highest BCUT2D eigenvalue weighted by atomic mass is 16.2. The molecule has 1 atom stereocenters. The number of benzene rings is 1. The van der Waals surface area contributed by atoms with Crippen LogP contribution >= 0.6 is 0 Å². The number of carbonyl (C=O) groups is 1. The smallest absolute Gasteiger partial charge is 0.321 e. The fraction of sp³-hybridized carbons (Fsp3) is 0.533. The van der Waals surface area contributed by atoms with Crippen LogP contribution in [0.25, 0.3) is 0 Å². The first-order valence-electron chi connectivity index (χ1n) is 7.38. The Labute approximate surface area is 119 Å². The van der Waals surface area contributed by atoms with Gasteiger partial charge in [0, 0.05) is 37.1 Å². The van der Waals surface area contributed by atoms with Crippen LogP contribution in [-0.4, -0.2) is 48.1 Å². The molecule has 1 aromatic rings. The fourth-order valence-electron chi connectivity index (χ4n) is 3.11. The lowest BCUT2D eigenvalue weighted by atomic mass is 10.00. The van der Waals surface area contributed by atoms with Gasteiger partial charge in [-0.3, -0.25) is 4.90 Å². The third kappa shape index (κ3) is 2.88. The Morgan fingerprint density at radius 3 is 2.75 bits per heavy atom. The van der Waals surface area contributed by atoms with Crippen molar-refractivity contribution >= 4 is 17.4 Å². The standard InChI is InChI=1S/C15H22N4O/c16-12-4-6-13(7-5-12)17-15(20)19-10-9-18-8-2-1-3-14(18)11-19/h4-7,14H,1-3,8-11,16H2,(H,17,20). The molecule has 2 heterocycles. The minimum atomic E-state index is -0.00000472. The topological polar surface area (TPSA) is 61.6 Å². The third-order valence-corrected chi connectivity index (χ3v) is 4.29. The van der Waals surface area contributed by atoms with Crippen molar-refractivity contribution < 1.29 is 4.79 Å². The van der Waals surface area contributed by atoms with Gasteiger partial charge in [0.15, 0.2) is 0 Å². The van der Waals surface area contributed by atoms with E-state index in [2.05, 4.69) is 10.2 Å². The molecule has 2 aliphatic heterocycles. The lowest BCUT2D eigenvalue weighted by Crippen LogP contribution is -2.56. The Morgan fingerprint density at radius 1 is 1.15 bits per heavy atom. The molecule has 0 radical (unpaired) electrons. The van der Waals surface area contributed by atoms with Crippen molar-refractivity contribution in [3.8, 4) is 0 Å². The van der Waals surface area contributed by atoms with Gasteiger partial charge in [-0.05, 0) is 43.7 Å². The summed E-state index contributed by atoms with van der Waals surface area (Å²) in [6.45, 7) is 3.86. The summed E-state index contributed by atoms with van der Waals surface area (Å²) < 4.78 is 0. The zero-order valence-corrected chi connectivity index (χ0v) is 11.7. The van der Waals surface area contributed by atoms with Crippen molar-refractivity contribution in [3.63, 3.8) is 0 Å². The van der Waals surface area contributed by atoms with Crippen molar-refractivity contribution in [2.45, 2.75) is 25.3 Å². The van der Waals surface area contributed by atoms with Gasteiger partial charge >= 0.3 is 6.03 Å². The van der Waals surface area contributed by atoms with Crippen LogP contribution in [0.1, 0.15) is 19.3 Å². The predicted molar refractivity (Wildman–Crippen MR) is 80.7 cm³/mol. The summed E-state index contributed by atoms with van der Waals surface area (Å²) in [5.74, 6) is 0. The molecular formula is C15H22N4O. The Hall–Kier alpha value is -1.75. The van der Waals surface area contributed by atoms with Crippen LogP contribution in [0.4, 0.5) is 16.2 Å². The number of hydrogen-bond acceptors (Lipinski definition) is 3. The number of rotatable bonds is 1. The van der Waals surface area contributed by atoms with E-state index in [-0.39, 0.29) is 6.03 Å². The lowest BCUT2D eigenvalue weighted by molar-refractivity contribution is 0.0678. The van der Waals surface area contributed by atoms with E-state index < -0.39 is 0 Å². The number of anilines is 2. The number of nitrogens with two attached hydrogens (primary N) is 1. The third-order valence-electron chi connectivity index (χ3n) is 4.29. The molecule has 20 heavy (non-hydrogen) atoms. The van der Waals surface area contributed by atoms with Gasteiger partial charge in [-0.1, -0.05) is 6.42 Å². The number of hydrogen-bond donors (Lipinski definition) is 2. The maximum Gasteiger partial charge on any atom is 0.321 e. The zero-order valence-electron chi connectivity index (χ0n) is 11.7. The Kier molecular flexibility index (Phi) is 3.78. The number of nitrogens with one attached hydrogen (secondary N) is 1. The first kappa shape index (κ1) is 13.2. The van der Waals surface area contributed by atoms with E-state index in [9.17, 15) is 4.79 Å². The summed E-state index contributed by atoms with van der Waals surface area (Å²) in [4.78, 5) is 16.7. The molecule has 2 amide bonds. The first-order chi connectivity index (χ1) is 9.72. The molecule has 0 saturated carbocycles. The summed E-state index contributed by atoms with van der Waals surface area (Å²) >= 11 is 0. The molecule has 5 nitrogen and oxygen atoms in total. The van der Waals surface area contributed by atoms with Gasteiger partial charge in [0.2, 0.25) is 0 Å². The van der Waals surface area contributed by atoms with Crippen LogP contribution in [0.5, 0.6) is 0 Å².